The Morgan fingerprint density at radius 3 is 2.72 bits per heavy atom. The zero-order valence-electron chi connectivity index (χ0n) is 10.2. The Labute approximate surface area is 115 Å². The number of halogens is 1. The maximum atomic E-state index is 9.17. The van der Waals surface area contributed by atoms with E-state index in [1.165, 1.54) is 0 Å². The summed E-state index contributed by atoms with van der Waals surface area (Å²) in [5.41, 5.74) is 3.42. The van der Waals surface area contributed by atoms with Gasteiger partial charge in [-0.2, -0.15) is 5.26 Å². The van der Waals surface area contributed by atoms with E-state index in [2.05, 4.69) is 32.3 Å². The van der Waals surface area contributed by atoms with Crippen molar-refractivity contribution in [1.82, 2.24) is 4.98 Å². The standard InChI is InChI=1S/C14H12BrN3/c1-9-4-3-5-13(12(9)7-16)18-14-10(2)6-11(15)8-17-14/h3-6,8H,1-2H3,(H,17,18). The van der Waals surface area contributed by atoms with Crippen LogP contribution in [-0.2, 0) is 0 Å². The van der Waals surface area contributed by atoms with Crippen molar-refractivity contribution in [1.29, 1.82) is 5.26 Å². The minimum Gasteiger partial charge on any atom is -0.339 e. The number of pyridine rings is 1. The molecule has 1 aromatic heterocycles. The van der Waals surface area contributed by atoms with Crippen molar-refractivity contribution in [3.63, 3.8) is 0 Å². The van der Waals surface area contributed by atoms with E-state index >= 15 is 0 Å². The van der Waals surface area contributed by atoms with E-state index in [4.69, 9.17) is 0 Å². The van der Waals surface area contributed by atoms with Crippen LogP contribution in [0, 0.1) is 25.2 Å². The number of anilines is 2. The van der Waals surface area contributed by atoms with Crippen LogP contribution in [0.4, 0.5) is 11.5 Å². The van der Waals surface area contributed by atoms with Gasteiger partial charge in [0.05, 0.1) is 11.3 Å². The van der Waals surface area contributed by atoms with Crippen LogP contribution in [0.25, 0.3) is 0 Å². The van der Waals surface area contributed by atoms with Gasteiger partial charge in [0.15, 0.2) is 0 Å². The fourth-order valence-corrected chi connectivity index (χ4v) is 2.16. The Kier molecular flexibility index (Phi) is 3.63. The van der Waals surface area contributed by atoms with E-state index in [0.717, 1.165) is 27.1 Å². The highest BCUT2D eigenvalue weighted by Gasteiger charge is 2.07. The number of hydrogen-bond donors (Lipinski definition) is 1. The highest BCUT2D eigenvalue weighted by atomic mass is 79.9. The minimum atomic E-state index is 0.654. The van der Waals surface area contributed by atoms with Crippen LogP contribution in [-0.4, -0.2) is 4.98 Å². The Bertz CT molecular complexity index is 629. The van der Waals surface area contributed by atoms with Gasteiger partial charge in [0, 0.05) is 10.7 Å². The lowest BCUT2D eigenvalue weighted by atomic mass is 10.1. The summed E-state index contributed by atoms with van der Waals surface area (Å²) in [6.45, 7) is 3.90. The predicted molar refractivity (Wildman–Crippen MR) is 75.9 cm³/mol. The van der Waals surface area contributed by atoms with Crippen LogP contribution in [0.2, 0.25) is 0 Å². The second-order valence-electron chi connectivity index (χ2n) is 4.05. The van der Waals surface area contributed by atoms with Crippen molar-refractivity contribution in [2.45, 2.75) is 13.8 Å². The molecule has 1 aromatic carbocycles. The fraction of sp³-hybridized carbons (Fsp3) is 0.143. The third kappa shape index (κ3) is 2.52. The van der Waals surface area contributed by atoms with Gasteiger partial charge < -0.3 is 5.32 Å². The average Bonchev–Trinajstić information content (AvgIpc) is 2.33. The molecular formula is C14H12BrN3. The largest absolute Gasteiger partial charge is 0.339 e. The van der Waals surface area contributed by atoms with Gasteiger partial charge in [-0.3, -0.25) is 0 Å². The molecule has 0 bridgehead atoms. The number of aryl methyl sites for hydroxylation is 2. The van der Waals surface area contributed by atoms with Crippen molar-refractivity contribution in [3.8, 4) is 6.07 Å². The summed E-state index contributed by atoms with van der Waals surface area (Å²) >= 11 is 3.38. The molecule has 3 nitrogen and oxygen atoms in total. The van der Waals surface area contributed by atoms with Gasteiger partial charge in [-0.1, -0.05) is 12.1 Å². The molecule has 0 aliphatic carbocycles. The van der Waals surface area contributed by atoms with Crippen LogP contribution >= 0.6 is 15.9 Å². The first-order chi connectivity index (χ1) is 8.61. The number of nitriles is 1. The molecular weight excluding hydrogens is 290 g/mol. The van der Waals surface area contributed by atoms with Gasteiger partial charge in [-0.25, -0.2) is 4.98 Å². The van der Waals surface area contributed by atoms with Crippen molar-refractivity contribution in [3.05, 3.63) is 51.6 Å². The lowest BCUT2D eigenvalue weighted by Gasteiger charge is -2.11. The lowest BCUT2D eigenvalue weighted by molar-refractivity contribution is 1.24. The van der Waals surface area contributed by atoms with Crippen molar-refractivity contribution >= 4 is 27.4 Å². The molecule has 0 fully saturated rings. The topological polar surface area (TPSA) is 48.7 Å². The molecule has 1 N–H and O–H groups in total. The quantitative estimate of drug-likeness (QED) is 0.909. The molecule has 0 spiro atoms. The van der Waals surface area contributed by atoms with Crippen molar-refractivity contribution < 1.29 is 0 Å². The minimum absolute atomic E-state index is 0.654. The third-order valence-corrected chi connectivity index (χ3v) is 3.12. The van der Waals surface area contributed by atoms with E-state index in [1.54, 1.807) is 6.20 Å². The number of benzene rings is 1. The fourth-order valence-electron chi connectivity index (χ4n) is 1.72. The smallest absolute Gasteiger partial charge is 0.133 e. The summed E-state index contributed by atoms with van der Waals surface area (Å²) in [5, 5.41) is 12.4. The molecule has 0 amide bonds. The van der Waals surface area contributed by atoms with Gasteiger partial charge in [-0.15, -0.1) is 0 Å². The second kappa shape index (κ2) is 5.19. The zero-order chi connectivity index (χ0) is 13.1. The molecule has 2 aromatic rings. The summed E-state index contributed by atoms with van der Waals surface area (Å²) < 4.78 is 0.940. The Morgan fingerprint density at radius 1 is 1.28 bits per heavy atom. The second-order valence-corrected chi connectivity index (χ2v) is 4.97. The molecule has 90 valence electrons. The molecule has 0 saturated carbocycles. The van der Waals surface area contributed by atoms with Crippen molar-refractivity contribution in [2.75, 3.05) is 5.32 Å². The van der Waals surface area contributed by atoms with E-state index in [0.29, 0.717) is 5.56 Å². The SMILES string of the molecule is Cc1cc(Br)cnc1Nc1cccc(C)c1C#N. The van der Waals surface area contributed by atoms with E-state index in [-0.39, 0.29) is 0 Å². The Morgan fingerprint density at radius 2 is 2.06 bits per heavy atom. The zero-order valence-corrected chi connectivity index (χ0v) is 11.7. The molecule has 4 heteroatoms. The van der Waals surface area contributed by atoms with Crippen LogP contribution < -0.4 is 5.32 Å². The summed E-state index contributed by atoms with van der Waals surface area (Å²) in [6, 6.07) is 9.93. The molecule has 0 saturated heterocycles. The highest BCUT2D eigenvalue weighted by molar-refractivity contribution is 9.10. The first-order valence-corrected chi connectivity index (χ1v) is 6.30. The first kappa shape index (κ1) is 12.6. The number of nitrogens with one attached hydrogen (secondary N) is 1. The monoisotopic (exact) mass is 301 g/mol. The first-order valence-electron chi connectivity index (χ1n) is 5.50. The van der Waals surface area contributed by atoms with Crippen LogP contribution in [0.3, 0.4) is 0 Å². The summed E-state index contributed by atoms with van der Waals surface area (Å²) in [7, 11) is 0. The molecule has 2 rings (SSSR count). The Balaban J connectivity index is 2.41. The van der Waals surface area contributed by atoms with Gasteiger partial charge in [0.25, 0.3) is 0 Å². The third-order valence-electron chi connectivity index (χ3n) is 2.68. The average molecular weight is 302 g/mol. The number of nitrogens with zero attached hydrogens (tertiary/aromatic N) is 2. The number of aromatic nitrogens is 1. The summed E-state index contributed by atoms with van der Waals surface area (Å²) in [5.74, 6) is 0.764. The van der Waals surface area contributed by atoms with Gasteiger partial charge in [-0.05, 0) is 53.0 Å². The van der Waals surface area contributed by atoms with Crippen molar-refractivity contribution in [2.24, 2.45) is 0 Å². The van der Waals surface area contributed by atoms with Crippen LogP contribution in [0.15, 0.2) is 34.9 Å². The number of hydrogen-bond acceptors (Lipinski definition) is 3. The maximum Gasteiger partial charge on any atom is 0.133 e. The van der Waals surface area contributed by atoms with Gasteiger partial charge in [0.1, 0.15) is 11.9 Å². The number of rotatable bonds is 2. The van der Waals surface area contributed by atoms with E-state index in [9.17, 15) is 5.26 Å². The molecule has 0 atom stereocenters. The lowest BCUT2D eigenvalue weighted by Crippen LogP contribution is -1.99. The highest BCUT2D eigenvalue weighted by Crippen LogP contribution is 2.24. The molecule has 18 heavy (non-hydrogen) atoms. The molecule has 0 unspecified atom stereocenters. The maximum absolute atomic E-state index is 9.17. The Hall–Kier alpha value is -1.86. The summed E-state index contributed by atoms with van der Waals surface area (Å²) in [4.78, 5) is 4.31. The van der Waals surface area contributed by atoms with E-state index in [1.807, 2.05) is 38.1 Å². The molecule has 0 aliphatic heterocycles. The molecule has 0 radical (unpaired) electrons. The van der Waals surface area contributed by atoms with E-state index < -0.39 is 0 Å². The molecule has 0 aliphatic rings. The van der Waals surface area contributed by atoms with Gasteiger partial charge in [0.2, 0.25) is 0 Å². The predicted octanol–water partition coefficient (Wildman–Crippen LogP) is 4.08. The molecule has 1 heterocycles. The van der Waals surface area contributed by atoms with Crippen LogP contribution in [0.5, 0.6) is 0 Å². The van der Waals surface area contributed by atoms with Gasteiger partial charge >= 0.3 is 0 Å². The summed E-state index contributed by atoms with van der Waals surface area (Å²) in [6.07, 6.45) is 1.73. The van der Waals surface area contributed by atoms with Crippen LogP contribution in [0.1, 0.15) is 16.7 Å². The normalized spacial score (nSPS) is 9.89.